The van der Waals surface area contributed by atoms with Crippen molar-refractivity contribution >= 4 is 28.1 Å². The average Bonchev–Trinajstić information content (AvgIpc) is 2.83. The van der Waals surface area contributed by atoms with Gasteiger partial charge in [-0.25, -0.2) is 4.39 Å². The number of rotatable bonds is 8. The summed E-state index contributed by atoms with van der Waals surface area (Å²) in [7, 11) is 0. The molecule has 0 fully saturated rings. The van der Waals surface area contributed by atoms with Crippen molar-refractivity contribution in [2.24, 2.45) is 5.92 Å². The third kappa shape index (κ3) is 5.50. The highest BCUT2D eigenvalue weighted by molar-refractivity contribution is 5.92. The maximum absolute atomic E-state index is 14.1. The van der Waals surface area contributed by atoms with Crippen molar-refractivity contribution in [1.29, 1.82) is 0 Å². The fraction of sp³-hybridized carbons (Fsp3) is 0.179. The van der Waals surface area contributed by atoms with E-state index in [2.05, 4.69) is 22.8 Å². The second kappa shape index (κ2) is 10.2. The smallest absolute Gasteiger partial charge is 0.226 e. The third-order valence-corrected chi connectivity index (χ3v) is 5.48. The van der Waals surface area contributed by atoms with Crippen LogP contribution in [0.3, 0.4) is 0 Å². The van der Waals surface area contributed by atoms with Gasteiger partial charge in [0, 0.05) is 35.0 Å². The van der Waals surface area contributed by atoms with E-state index in [4.69, 9.17) is 4.74 Å². The number of hydrogen-bond donors (Lipinski definition) is 2. The number of hydrogen-bond acceptors (Lipinski definition) is 3. The first-order valence-corrected chi connectivity index (χ1v) is 11.0. The van der Waals surface area contributed by atoms with Gasteiger partial charge in [-0.05, 0) is 47.2 Å². The van der Waals surface area contributed by atoms with Crippen molar-refractivity contribution < 1.29 is 13.9 Å². The number of halogens is 1. The van der Waals surface area contributed by atoms with Gasteiger partial charge in [0.1, 0.15) is 18.2 Å². The molecule has 0 atom stereocenters. The predicted octanol–water partition coefficient (Wildman–Crippen LogP) is 6.76. The molecule has 168 valence electrons. The lowest BCUT2D eigenvalue weighted by Crippen LogP contribution is -2.17. The van der Waals surface area contributed by atoms with Crippen LogP contribution in [0.1, 0.15) is 25.0 Å². The molecule has 4 aromatic rings. The van der Waals surface area contributed by atoms with E-state index in [0.717, 1.165) is 27.7 Å². The Morgan fingerprint density at radius 3 is 2.33 bits per heavy atom. The monoisotopic (exact) mass is 442 g/mol. The molecule has 0 saturated carbocycles. The summed E-state index contributed by atoms with van der Waals surface area (Å²) in [5.74, 6) is 0.355. The fourth-order valence-corrected chi connectivity index (χ4v) is 3.55. The van der Waals surface area contributed by atoms with E-state index in [0.29, 0.717) is 17.9 Å². The van der Waals surface area contributed by atoms with Gasteiger partial charge in [-0.1, -0.05) is 62.4 Å². The highest BCUT2D eigenvalue weighted by Gasteiger charge is 2.11. The molecule has 4 aromatic carbocycles. The molecule has 1 amide bonds. The number of fused-ring (bicyclic) bond motifs is 1. The van der Waals surface area contributed by atoms with Crippen LogP contribution in [0.5, 0.6) is 5.75 Å². The number of anilines is 2. The zero-order valence-corrected chi connectivity index (χ0v) is 18.8. The standard InChI is InChI=1S/C28H27FN2O2/c1-19(2)28(32)31-23-14-12-22(13-15-23)30-17-25-24-9-5-3-7-20(24)11-16-27(25)33-18-21-8-4-6-10-26(21)29/h3-16,19,30H,17-18H2,1-2H3,(H,31,32). The van der Waals surface area contributed by atoms with Crippen molar-refractivity contribution in [1.82, 2.24) is 0 Å². The summed E-state index contributed by atoms with van der Waals surface area (Å²) in [4.78, 5) is 11.9. The van der Waals surface area contributed by atoms with Gasteiger partial charge in [-0.3, -0.25) is 4.79 Å². The summed E-state index contributed by atoms with van der Waals surface area (Å²) < 4.78 is 20.1. The van der Waals surface area contributed by atoms with Crippen LogP contribution in [0.15, 0.2) is 84.9 Å². The number of ether oxygens (including phenoxy) is 1. The molecular weight excluding hydrogens is 415 g/mol. The normalized spacial score (nSPS) is 10.9. The minimum absolute atomic E-state index is 0.0110. The van der Waals surface area contributed by atoms with Gasteiger partial charge < -0.3 is 15.4 Å². The van der Waals surface area contributed by atoms with E-state index >= 15 is 0 Å². The maximum Gasteiger partial charge on any atom is 0.226 e. The molecular formula is C28H27FN2O2. The van der Waals surface area contributed by atoms with Crippen LogP contribution in [0.25, 0.3) is 10.8 Å². The summed E-state index contributed by atoms with van der Waals surface area (Å²) in [5, 5.41) is 8.53. The van der Waals surface area contributed by atoms with Crippen molar-refractivity contribution in [3.05, 3.63) is 102 Å². The molecule has 0 bridgehead atoms. The fourth-order valence-electron chi connectivity index (χ4n) is 3.55. The van der Waals surface area contributed by atoms with Crippen LogP contribution in [-0.4, -0.2) is 5.91 Å². The van der Waals surface area contributed by atoms with Crippen molar-refractivity contribution in [2.75, 3.05) is 10.6 Å². The number of benzene rings is 4. The quantitative estimate of drug-likeness (QED) is 0.317. The second-order valence-electron chi connectivity index (χ2n) is 8.22. The van der Waals surface area contributed by atoms with Crippen LogP contribution >= 0.6 is 0 Å². The third-order valence-electron chi connectivity index (χ3n) is 5.48. The van der Waals surface area contributed by atoms with E-state index in [1.165, 1.54) is 6.07 Å². The summed E-state index contributed by atoms with van der Waals surface area (Å²) in [6, 6.07) is 26.3. The second-order valence-corrected chi connectivity index (χ2v) is 8.22. The molecule has 2 N–H and O–H groups in total. The lowest BCUT2D eigenvalue weighted by Gasteiger charge is -2.16. The van der Waals surface area contributed by atoms with E-state index in [1.54, 1.807) is 18.2 Å². The first-order chi connectivity index (χ1) is 16.0. The van der Waals surface area contributed by atoms with Gasteiger partial charge in [0.05, 0.1) is 0 Å². The van der Waals surface area contributed by atoms with Crippen molar-refractivity contribution in [2.45, 2.75) is 27.0 Å². The Labute approximate surface area is 193 Å². The lowest BCUT2D eigenvalue weighted by atomic mass is 10.0. The summed E-state index contributed by atoms with van der Waals surface area (Å²) >= 11 is 0. The Balaban J connectivity index is 1.53. The molecule has 0 radical (unpaired) electrons. The van der Waals surface area contributed by atoms with Crippen LogP contribution in [0, 0.1) is 11.7 Å². The minimum atomic E-state index is -0.275. The summed E-state index contributed by atoms with van der Waals surface area (Å²) in [6.45, 7) is 4.41. The minimum Gasteiger partial charge on any atom is -0.488 e. The molecule has 0 spiro atoms. The Bertz CT molecular complexity index is 1250. The SMILES string of the molecule is CC(C)C(=O)Nc1ccc(NCc2c(OCc3ccccc3F)ccc3ccccc23)cc1. The molecule has 0 aliphatic carbocycles. The Kier molecular flexibility index (Phi) is 6.89. The molecule has 0 aliphatic rings. The predicted molar refractivity (Wildman–Crippen MR) is 132 cm³/mol. The molecule has 0 aliphatic heterocycles. The van der Waals surface area contributed by atoms with Crippen LogP contribution in [-0.2, 0) is 17.9 Å². The number of nitrogens with one attached hydrogen (secondary N) is 2. The van der Waals surface area contributed by atoms with Crippen LogP contribution < -0.4 is 15.4 Å². The van der Waals surface area contributed by atoms with E-state index in [-0.39, 0.29) is 24.2 Å². The summed E-state index contributed by atoms with van der Waals surface area (Å²) in [5.41, 5.74) is 3.20. The molecule has 0 unspecified atom stereocenters. The average molecular weight is 443 g/mol. The number of amides is 1. The van der Waals surface area contributed by atoms with E-state index in [1.807, 2.05) is 62.4 Å². The number of carbonyl (C=O) groups is 1. The highest BCUT2D eigenvalue weighted by Crippen LogP contribution is 2.30. The van der Waals surface area contributed by atoms with Gasteiger partial charge in [-0.15, -0.1) is 0 Å². The zero-order valence-electron chi connectivity index (χ0n) is 18.8. The highest BCUT2D eigenvalue weighted by atomic mass is 19.1. The Morgan fingerprint density at radius 2 is 1.58 bits per heavy atom. The Morgan fingerprint density at radius 1 is 0.879 bits per heavy atom. The molecule has 5 heteroatoms. The molecule has 0 aromatic heterocycles. The topological polar surface area (TPSA) is 50.4 Å². The van der Waals surface area contributed by atoms with Gasteiger partial charge in [0.15, 0.2) is 0 Å². The molecule has 4 rings (SSSR count). The largest absolute Gasteiger partial charge is 0.488 e. The van der Waals surface area contributed by atoms with E-state index in [9.17, 15) is 9.18 Å². The Hall–Kier alpha value is -3.86. The van der Waals surface area contributed by atoms with Crippen LogP contribution in [0.2, 0.25) is 0 Å². The molecule has 0 saturated heterocycles. The number of carbonyl (C=O) groups excluding carboxylic acids is 1. The molecule has 4 nitrogen and oxygen atoms in total. The van der Waals surface area contributed by atoms with Gasteiger partial charge >= 0.3 is 0 Å². The molecule has 33 heavy (non-hydrogen) atoms. The first-order valence-electron chi connectivity index (χ1n) is 11.0. The van der Waals surface area contributed by atoms with E-state index < -0.39 is 0 Å². The van der Waals surface area contributed by atoms with Crippen molar-refractivity contribution in [3.8, 4) is 5.75 Å². The lowest BCUT2D eigenvalue weighted by molar-refractivity contribution is -0.118. The van der Waals surface area contributed by atoms with Gasteiger partial charge in [0.25, 0.3) is 0 Å². The first kappa shape index (κ1) is 22.3. The van der Waals surface area contributed by atoms with Gasteiger partial charge in [0.2, 0.25) is 5.91 Å². The zero-order chi connectivity index (χ0) is 23.2. The molecule has 0 heterocycles. The van der Waals surface area contributed by atoms with Crippen LogP contribution in [0.4, 0.5) is 15.8 Å². The maximum atomic E-state index is 14.1. The summed E-state index contributed by atoms with van der Waals surface area (Å²) in [6.07, 6.45) is 0. The van der Waals surface area contributed by atoms with Crippen molar-refractivity contribution in [3.63, 3.8) is 0 Å². The van der Waals surface area contributed by atoms with Gasteiger partial charge in [-0.2, -0.15) is 0 Å².